The highest BCUT2D eigenvalue weighted by Crippen LogP contribution is 2.45. The molecule has 0 bridgehead atoms. The maximum atomic E-state index is 13.1. The summed E-state index contributed by atoms with van der Waals surface area (Å²) in [5.41, 5.74) is 0. The molecule has 0 fully saturated rings. The number of ether oxygens (including phenoxy) is 4. The molecule has 0 saturated carbocycles. The van der Waals surface area contributed by atoms with Gasteiger partial charge < -0.3 is 33.8 Å². The smallest absolute Gasteiger partial charge is 0.462 e. The Bertz CT molecular complexity index is 2010. The van der Waals surface area contributed by atoms with E-state index in [1.807, 2.05) is 0 Å². The second kappa shape index (κ2) is 72.9. The van der Waals surface area contributed by atoms with Gasteiger partial charge in [0.1, 0.15) is 19.3 Å². The number of aliphatic hydroxyl groups is 1. The minimum Gasteiger partial charge on any atom is -0.462 e. The number of phosphoric ester groups is 2. The summed E-state index contributed by atoms with van der Waals surface area (Å²) < 4.78 is 68.8. The standard InChI is InChI=1S/C84H164O17P2/c1-9-77(8)63-55-47-42-43-49-57-65-82(87)95-71-80(101-84(89)67-58-50-40-34-28-21-15-11-10-13-18-24-30-36-44-52-60-74(2)3)73-99-103(92,93)97-69-78(85)68-96-102(90,91)98-72-79(70-94-81(86)64-56-48-39-33-27-23-17-20-26-32-38-46-54-62-76(6)7)100-83(88)66-59-51-41-35-29-22-16-12-14-19-25-31-37-45-53-61-75(4)5/h74-80,85H,9-73H2,1-8H3,(H,90,91)(H,92,93)/t77?,78-,79-,80-/m1/s1. The molecule has 0 spiro atoms. The molecule has 0 aliphatic carbocycles. The largest absolute Gasteiger partial charge is 0.472 e. The summed E-state index contributed by atoms with van der Waals surface area (Å²) in [4.78, 5) is 73.2. The Hall–Kier alpha value is -1.94. The third-order valence-electron chi connectivity index (χ3n) is 19.9. The van der Waals surface area contributed by atoms with Gasteiger partial charge in [0.25, 0.3) is 0 Å². The van der Waals surface area contributed by atoms with Crippen LogP contribution in [0.5, 0.6) is 0 Å². The number of esters is 4. The van der Waals surface area contributed by atoms with Crippen molar-refractivity contribution in [1.29, 1.82) is 0 Å². The molecule has 6 atom stereocenters. The summed E-state index contributed by atoms with van der Waals surface area (Å²) >= 11 is 0. The molecule has 0 heterocycles. The van der Waals surface area contributed by atoms with Gasteiger partial charge in [0.15, 0.2) is 12.2 Å². The van der Waals surface area contributed by atoms with Crippen LogP contribution in [0.3, 0.4) is 0 Å². The zero-order valence-corrected chi connectivity index (χ0v) is 69.7. The summed E-state index contributed by atoms with van der Waals surface area (Å²) in [6.07, 6.45) is 61.1. The fourth-order valence-corrected chi connectivity index (χ4v) is 14.5. The molecule has 19 heteroatoms. The lowest BCUT2D eigenvalue weighted by Gasteiger charge is -2.21. The van der Waals surface area contributed by atoms with Crippen molar-refractivity contribution in [2.24, 2.45) is 23.7 Å². The highest BCUT2D eigenvalue weighted by atomic mass is 31.2. The molecule has 0 saturated heterocycles. The molecule has 0 radical (unpaired) electrons. The Kier molecular flexibility index (Phi) is 71.5. The molecule has 3 N–H and O–H groups in total. The van der Waals surface area contributed by atoms with Crippen molar-refractivity contribution < 1.29 is 80.2 Å². The Morgan fingerprint density at radius 1 is 0.272 bits per heavy atom. The first kappa shape index (κ1) is 101. The molecule has 0 aromatic rings. The van der Waals surface area contributed by atoms with Crippen LogP contribution < -0.4 is 0 Å². The van der Waals surface area contributed by atoms with E-state index in [2.05, 4.69) is 55.4 Å². The van der Waals surface area contributed by atoms with Crippen LogP contribution in [-0.2, 0) is 65.4 Å². The summed E-state index contributed by atoms with van der Waals surface area (Å²) in [5.74, 6) is 1.02. The van der Waals surface area contributed by atoms with Gasteiger partial charge in [0.2, 0.25) is 0 Å². The average molecular weight is 1510 g/mol. The Morgan fingerprint density at radius 3 is 0.689 bits per heavy atom. The molecule has 0 rings (SSSR count). The number of unbranched alkanes of at least 4 members (excludes halogenated alkanes) is 46. The number of hydrogen-bond acceptors (Lipinski definition) is 15. The fraction of sp³-hybridized carbons (Fsp3) is 0.952. The van der Waals surface area contributed by atoms with Gasteiger partial charge in [-0.15, -0.1) is 0 Å². The van der Waals surface area contributed by atoms with Gasteiger partial charge in [-0.3, -0.25) is 37.3 Å². The number of carbonyl (C=O) groups is 4. The van der Waals surface area contributed by atoms with Crippen molar-refractivity contribution in [3.05, 3.63) is 0 Å². The molecule has 0 amide bonds. The van der Waals surface area contributed by atoms with Crippen molar-refractivity contribution in [2.45, 2.75) is 453 Å². The number of phosphoric acid groups is 2. The van der Waals surface area contributed by atoms with E-state index in [4.69, 9.17) is 37.0 Å². The lowest BCUT2D eigenvalue weighted by Crippen LogP contribution is -2.30. The predicted molar refractivity (Wildman–Crippen MR) is 423 cm³/mol. The van der Waals surface area contributed by atoms with Crippen LogP contribution in [0.4, 0.5) is 0 Å². The molecule has 3 unspecified atom stereocenters. The number of rotatable bonds is 81. The summed E-state index contributed by atoms with van der Waals surface area (Å²) in [6, 6.07) is 0. The average Bonchev–Trinajstić information content (AvgIpc) is 0.912. The minimum atomic E-state index is -4.96. The SMILES string of the molecule is CCC(C)CCCCCCCCC(=O)OC[C@H](COP(=O)(O)OC[C@H](O)COP(=O)(O)OC[C@@H](COC(=O)CCCCCCCCCCCCCCCC(C)C)OC(=O)CCCCCCCCCCCCCCCCCC(C)C)OC(=O)CCCCCCCCCCCCCCCCCCC(C)C. The van der Waals surface area contributed by atoms with Gasteiger partial charge in [-0.2, -0.15) is 0 Å². The molecule has 0 aliphatic rings. The van der Waals surface area contributed by atoms with E-state index < -0.39 is 97.5 Å². The highest BCUT2D eigenvalue weighted by Gasteiger charge is 2.30. The van der Waals surface area contributed by atoms with E-state index in [0.29, 0.717) is 25.7 Å². The molecular weight excluding hydrogens is 1340 g/mol. The van der Waals surface area contributed by atoms with Crippen LogP contribution in [-0.4, -0.2) is 96.7 Å². The predicted octanol–water partition coefficient (Wildman–Crippen LogP) is 25.2. The quantitative estimate of drug-likeness (QED) is 0.0222. The molecule has 103 heavy (non-hydrogen) atoms. The Labute approximate surface area is 632 Å². The molecule has 0 aromatic carbocycles. The van der Waals surface area contributed by atoms with Gasteiger partial charge >= 0.3 is 39.5 Å². The lowest BCUT2D eigenvalue weighted by atomic mass is 10.00. The molecule has 612 valence electrons. The first-order valence-corrected chi connectivity index (χ1v) is 46.2. The molecule has 0 aromatic heterocycles. The monoisotopic (exact) mass is 1510 g/mol. The van der Waals surface area contributed by atoms with Gasteiger partial charge in [-0.05, 0) is 49.4 Å². The van der Waals surface area contributed by atoms with E-state index in [1.54, 1.807) is 0 Å². The van der Waals surface area contributed by atoms with Crippen molar-refractivity contribution in [3.8, 4) is 0 Å². The maximum Gasteiger partial charge on any atom is 0.472 e. The highest BCUT2D eigenvalue weighted by molar-refractivity contribution is 7.47. The second-order valence-electron chi connectivity index (χ2n) is 31.9. The van der Waals surface area contributed by atoms with Crippen LogP contribution in [0.25, 0.3) is 0 Å². The third kappa shape index (κ3) is 76.6. The van der Waals surface area contributed by atoms with Crippen LogP contribution in [0.15, 0.2) is 0 Å². The summed E-state index contributed by atoms with van der Waals surface area (Å²) in [7, 11) is -9.93. The normalized spacial score (nSPS) is 14.2. The maximum absolute atomic E-state index is 13.1. The first-order chi connectivity index (χ1) is 49.6. The topological polar surface area (TPSA) is 237 Å². The van der Waals surface area contributed by atoms with E-state index in [0.717, 1.165) is 120 Å². The van der Waals surface area contributed by atoms with Crippen LogP contribution in [0.1, 0.15) is 434 Å². The van der Waals surface area contributed by atoms with Gasteiger partial charge in [-0.25, -0.2) is 9.13 Å². The van der Waals surface area contributed by atoms with Crippen molar-refractivity contribution >= 4 is 39.5 Å². The number of carbonyl (C=O) groups excluding carboxylic acids is 4. The van der Waals surface area contributed by atoms with Crippen LogP contribution in [0.2, 0.25) is 0 Å². The third-order valence-corrected chi connectivity index (χ3v) is 21.8. The van der Waals surface area contributed by atoms with Gasteiger partial charge in [0.05, 0.1) is 26.4 Å². The van der Waals surface area contributed by atoms with Crippen molar-refractivity contribution in [1.82, 2.24) is 0 Å². The Balaban J connectivity index is 5.24. The van der Waals surface area contributed by atoms with Crippen LogP contribution in [0, 0.1) is 23.7 Å². The zero-order chi connectivity index (χ0) is 76.0. The summed E-state index contributed by atoms with van der Waals surface area (Å²) in [5, 5.41) is 10.7. The summed E-state index contributed by atoms with van der Waals surface area (Å²) in [6.45, 7) is 14.3. The molecular formula is C84H164O17P2. The van der Waals surface area contributed by atoms with E-state index >= 15 is 0 Å². The number of aliphatic hydroxyl groups excluding tert-OH is 1. The lowest BCUT2D eigenvalue weighted by molar-refractivity contribution is -0.161. The van der Waals surface area contributed by atoms with E-state index in [1.165, 1.54) is 231 Å². The fourth-order valence-electron chi connectivity index (χ4n) is 12.9. The van der Waals surface area contributed by atoms with Gasteiger partial charge in [-0.1, -0.05) is 383 Å². The zero-order valence-electron chi connectivity index (χ0n) is 68.0. The second-order valence-corrected chi connectivity index (χ2v) is 34.8. The Morgan fingerprint density at radius 2 is 0.466 bits per heavy atom. The minimum absolute atomic E-state index is 0.107. The first-order valence-electron chi connectivity index (χ1n) is 43.2. The van der Waals surface area contributed by atoms with Crippen molar-refractivity contribution in [3.63, 3.8) is 0 Å². The van der Waals surface area contributed by atoms with E-state index in [9.17, 15) is 43.2 Å². The van der Waals surface area contributed by atoms with Crippen molar-refractivity contribution in [2.75, 3.05) is 39.6 Å². The van der Waals surface area contributed by atoms with E-state index in [-0.39, 0.29) is 25.7 Å². The number of hydrogen-bond donors (Lipinski definition) is 3. The molecule has 17 nitrogen and oxygen atoms in total. The van der Waals surface area contributed by atoms with Gasteiger partial charge in [0, 0.05) is 25.7 Å². The molecule has 0 aliphatic heterocycles. The van der Waals surface area contributed by atoms with Crippen LogP contribution >= 0.6 is 15.6 Å².